The molecular formula is C14H20N2O2S. The van der Waals surface area contributed by atoms with Crippen molar-refractivity contribution in [3.63, 3.8) is 0 Å². The number of amides is 1. The van der Waals surface area contributed by atoms with Crippen LogP contribution in [0.2, 0.25) is 0 Å². The van der Waals surface area contributed by atoms with E-state index in [2.05, 4.69) is 22.1 Å². The highest BCUT2D eigenvalue weighted by atomic mass is 32.1. The summed E-state index contributed by atoms with van der Waals surface area (Å²) in [7, 11) is 1.65. The predicted octanol–water partition coefficient (Wildman–Crippen LogP) is 1.05. The molecule has 1 rings (SSSR count). The first-order valence-electron chi connectivity index (χ1n) is 6.29. The zero-order chi connectivity index (χ0) is 14.1. The number of aliphatic hydroxyl groups is 1. The molecule has 5 heteroatoms. The lowest BCUT2D eigenvalue weighted by Crippen LogP contribution is -2.34. The highest BCUT2D eigenvalue weighted by Gasteiger charge is 2.09. The standard InChI is InChI=1S/C14H20N2O2S/c1-3-16(10-14(18)15-2)9-13-8-12(11-19-13)6-4-5-7-17/h8,11,17H,3,5,7,9-10H2,1-2H3,(H,15,18). The molecule has 0 unspecified atom stereocenters. The van der Waals surface area contributed by atoms with Gasteiger partial charge in [0.25, 0.3) is 0 Å². The van der Waals surface area contributed by atoms with Gasteiger partial charge in [-0.1, -0.05) is 18.8 Å². The average Bonchev–Trinajstić information content (AvgIpc) is 2.85. The Hall–Kier alpha value is -1.35. The van der Waals surface area contributed by atoms with Gasteiger partial charge in [0.15, 0.2) is 0 Å². The van der Waals surface area contributed by atoms with Crippen molar-refractivity contribution in [3.05, 3.63) is 21.9 Å². The zero-order valence-electron chi connectivity index (χ0n) is 11.4. The number of carbonyl (C=O) groups excluding carboxylic acids is 1. The summed E-state index contributed by atoms with van der Waals surface area (Å²) in [5, 5.41) is 13.3. The molecule has 0 aliphatic rings. The molecule has 0 aliphatic heterocycles. The second-order valence-electron chi connectivity index (χ2n) is 4.05. The molecule has 0 radical (unpaired) electrons. The van der Waals surface area contributed by atoms with Crippen LogP contribution in [0.5, 0.6) is 0 Å². The van der Waals surface area contributed by atoms with E-state index in [1.807, 2.05) is 18.4 Å². The monoisotopic (exact) mass is 280 g/mol. The molecule has 1 heterocycles. The molecule has 0 saturated heterocycles. The number of nitrogens with one attached hydrogen (secondary N) is 1. The maximum Gasteiger partial charge on any atom is 0.233 e. The van der Waals surface area contributed by atoms with E-state index in [4.69, 9.17) is 5.11 Å². The number of likely N-dealkylation sites (N-methyl/N-ethyl adjacent to an activating group) is 2. The molecule has 0 aromatic carbocycles. The molecule has 1 aromatic heterocycles. The average molecular weight is 280 g/mol. The van der Waals surface area contributed by atoms with Crippen molar-refractivity contribution < 1.29 is 9.90 Å². The predicted molar refractivity (Wildman–Crippen MR) is 77.9 cm³/mol. The van der Waals surface area contributed by atoms with Gasteiger partial charge >= 0.3 is 0 Å². The van der Waals surface area contributed by atoms with Gasteiger partial charge in [-0.15, -0.1) is 11.3 Å². The molecular weight excluding hydrogens is 260 g/mol. The summed E-state index contributed by atoms with van der Waals surface area (Å²) >= 11 is 1.65. The van der Waals surface area contributed by atoms with Crippen LogP contribution in [-0.2, 0) is 11.3 Å². The Morgan fingerprint density at radius 3 is 3.00 bits per heavy atom. The number of thiophene rings is 1. The third-order valence-electron chi connectivity index (χ3n) is 2.60. The van der Waals surface area contributed by atoms with Crippen LogP contribution >= 0.6 is 11.3 Å². The first-order chi connectivity index (χ1) is 9.19. The number of rotatable bonds is 6. The van der Waals surface area contributed by atoms with Crippen LogP contribution in [0, 0.1) is 11.8 Å². The fraction of sp³-hybridized carbons (Fsp3) is 0.500. The number of hydrogen-bond acceptors (Lipinski definition) is 4. The first kappa shape index (κ1) is 15.7. The van der Waals surface area contributed by atoms with Crippen molar-refractivity contribution in [1.29, 1.82) is 0 Å². The summed E-state index contributed by atoms with van der Waals surface area (Å²) in [6.45, 7) is 4.14. The molecule has 4 nitrogen and oxygen atoms in total. The molecule has 0 bridgehead atoms. The van der Waals surface area contributed by atoms with Gasteiger partial charge in [0.2, 0.25) is 5.91 Å². The molecule has 2 N–H and O–H groups in total. The van der Waals surface area contributed by atoms with Gasteiger partial charge < -0.3 is 10.4 Å². The minimum atomic E-state index is 0.0290. The van der Waals surface area contributed by atoms with Crippen molar-refractivity contribution in [2.45, 2.75) is 19.9 Å². The quantitative estimate of drug-likeness (QED) is 0.766. The van der Waals surface area contributed by atoms with E-state index in [9.17, 15) is 4.79 Å². The zero-order valence-corrected chi connectivity index (χ0v) is 12.2. The summed E-state index contributed by atoms with van der Waals surface area (Å²) in [4.78, 5) is 14.6. The summed E-state index contributed by atoms with van der Waals surface area (Å²) in [6.07, 6.45) is 0.503. The van der Waals surface area contributed by atoms with Gasteiger partial charge in [0, 0.05) is 35.8 Å². The van der Waals surface area contributed by atoms with Crippen molar-refractivity contribution >= 4 is 17.2 Å². The largest absolute Gasteiger partial charge is 0.395 e. The minimum absolute atomic E-state index is 0.0290. The Bertz CT molecular complexity index is 460. The Balaban J connectivity index is 2.56. The number of carbonyl (C=O) groups is 1. The lowest BCUT2D eigenvalue weighted by atomic mass is 10.3. The van der Waals surface area contributed by atoms with Crippen LogP contribution in [0.4, 0.5) is 0 Å². The third kappa shape index (κ3) is 5.88. The normalized spacial score (nSPS) is 10.1. The number of nitrogens with zero attached hydrogens (tertiary/aromatic N) is 1. The molecule has 1 aromatic rings. The van der Waals surface area contributed by atoms with Crippen LogP contribution < -0.4 is 5.32 Å². The number of hydrogen-bond donors (Lipinski definition) is 2. The second-order valence-corrected chi connectivity index (χ2v) is 5.05. The molecule has 0 aliphatic carbocycles. The molecule has 0 fully saturated rings. The fourth-order valence-corrected chi connectivity index (χ4v) is 2.39. The van der Waals surface area contributed by atoms with Crippen LogP contribution in [-0.4, -0.2) is 42.7 Å². The van der Waals surface area contributed by atoms with Crippen molar-refractivity contribution in [2.75, 3.05) is 26.7 Å². The van der Waals surface area contributed by atoms with Crippen LogP contribution in [0.25, 0.3) is 0 Å². The fourth-order valence-electron chi connectivity index (χ4n) is 1.53. The van der Waals surface area contributed by atoms with E-state index in [-0.39, 0.29) is 12.5 Å². The van der Waals surface area contributed by atoms with E-state index in [0.29, 0.717) is 13.0 Å². The van der Waals surface area contributed by atoms with E-state index in [0.717, 1.165) is 18.7 Å². The van der Waals surface area contributed by atoms with Crippen molar-refractivity contribution in [2.24, 2.45) is 0 Å². The second kappa shape index (κ2) is 8.70. The van der Waals surface area contributed by atoms with Gasteiger partial charge in [0.05, 0.1) is 13.2 Å². The first-order valence-corrected chi connectivity index (χ1v) is 7.17. The highest BCUT2D eigenvalue weighted by molar-refractivity contribution is 7.10. The Kier molecular flexibility index (Phi) is 7.19. The molecule has 0 atom stereocenters. The van der Waals surface area contributed by atoms with Gasteiger partial charge in [-0.05, 0) is 12.6 Å². The number of aliphatic hydroxyl groups excluding tert-OH is 1. The van der Waals surface area contributed by atoms with Crippen molar-refractivity contribution in [1.82, 2.24) is 10.2 Å². The lowest BCUT2D eigenvalue weighted by molar-refractivity contribution is -0.121. The molecule has 0 spiro atoms. The molecule has 0 saturated carbocycles. The molecule has 19 heavy (non-hydrogen) atoms. The molecule has 1 amide bonds. The Labute approximate surface area is 118 Å². The maximum atomic E-state index is 11.4. The maximum absolute atomic E-state index is 11.4. The van der Waals surface area contributed by atoms with Gasteiger partial charge in [-0.2, -0.15) is 0 Å². The van der Waals surface area contributed by atoms with Crippen molar-refractivity contribution in [3.8, 4) is 11.8 Å². The smallest absolute Gasteiger partial charge is 0.233 e. The van der Waals surface area contributed by atoms with Gasteiger partial charge in [0.1, 0.15) is 0 Å². The van der Waals surface area contributed by atoms with Crippen LogP contribution in [0.1, 0.15) is 23.8 Å². The van der Waals surface area contributed by atoms with Gasteiger partial charge in [-0.3, -0.25) is 9.69 Å². The Morgan fingerprint density at radius 2 is 2.37 bits per heavy atom. The van der Waals surface area contributed by atoms with E-state index >= 15 is 0 Å². The summed E-state index contributed by atoms with van der Waals surface area (Å²) in [6, 6.07) is 2.04. The summed E-state index contributed by atoms with van der Waals surface area (Å²) in [5.74, 6) is 5.94. The van der Waals surface area contributed by atoms with E-state index in [1.165, 1.54) is 4.88 Å². The highest BCUT2D eigenvalue weighted by Crippen LogP contribution is 2.16. The third-order valence-corrected chi connectivity index (χ3v) is 3.52. The Morgan fingerprint density at radius 1 is 1.58 bits per heavy atom. The van der Waals surface area contributed by atoms with E-state index < -0.39 is 0 Å². The summed E-state index contributed by atoms with van der Waals surface area (Å²) in [5.41, 5.74) is 0.976. The van der Waals surface area contributed by atoms with Crippen LogP contribution in [0.3, 0.4) is 0 Å². The topological polar surface area (TPSA) is 52.6 Å². The lowest BCUT2D eigenvalue weighted by Gasteiger charge is -2.18. The SMILES string of the molecule is CCN(CC(=O)NC)Cc1cc(C#CCCO)cs1. The van der Waals surface area contributed by atoms with E-state index in [1.54, 1.807) is 18.4 Å². The van der Waals surface area contributed by atoms with Gasteiger partial charge in [-0.25, -0.2) is 0 Å². The van der Waals surface area contributed by atoms with Crippen LogP contribution in [0.15, 0.2) is 11.4 Å². The molecule has 104 valence electrons. The summed E-state index contributed by atoms with van der Waals surface area (Å²) < 4.78 is 0. The minimum Gasteiger partial charge on any atom is -0.395 e.